The molecule has 0 unspecified atom stereocenters. The van der Waals surface area contributed by atoms with Gasteiger partial charge < -0.3 is 10.4 Å². The molecule has 2 N–H and O–H groups in total. The van der Waals surface area contributed by atoms with Crippen LogP contribution in [0.1, 0.15) is 15.9 Å². The van der Waals surface area contributed by atoms with Crippen molar-refractivity contribution >= 4 is 23.3 Å². The van der Waals surface area contributed by atoms with Gasteiger partial charge in [-0.3, -0.25) is 0 Å². The number of rotatable bonds is 4. The molecule has 0 aliphatic rings. The minimum atomic E-state index is -1.19. The molecule has 104 valence electrons. The molecule has 3 nitrogen and oxygen atoms in total. The Bertz CT molecular complexity index is 662. The summed E-state index contributed by atoms with van der Waals surface area (Å²) in [4.78, 5) is 10.7. The van der Waals surface area contributed by atoms with E-state index in [2.05, 4.69) is 5.32 Å². The van der Waals surface area contributed by atoms with Crippen LogP contribution in [0.2, 0.25) is 5.02 Å². The minimum Gasteiger partial charge on any atom is -0.478 e. The van der Waals surface area contributed by atoms with Crippen LogP contribution >= 0.6 is 11.6 Å². The first kappa shape index (κ1) is 14.3. The van der Waals surface area contributed by atoms with Gasteiger partial charge in [0.05, 0.1) is 10.6 Å². The molecule has 2 aromatic carbocycles. The Morgan fingerprint density at radius 3 is 2.50 bits per heavy atom. The Kier molecular flexibility index (Phi) is 4.20. The van der Waals surface area contributed by atoms with Gasteiger partial charge in [-0.05, 0) is 30.3 Å². The topological polar surface area (TPSA) is 49.3 Å². The maximum atomic E-state index is 13.7. The molecule has 0 spiro atoms. The molecule has 2 aromatic rings. The molecule has 20 heavy (non-hydrogen) atoms. The lowest BCUT2D eigenvalue weighted by molar-refractivity contribution is 0.0696. The lowest BCUT2D eigenvalue weighted by Gasteiger charge is -2.08. The lowest BCUT2D eigenvalue weighted by atomic mass is 10.1. The molecule has 0 atom stereocenters. The largest absolute Gasteiger partial charge is 0.478 e. The van der Waals surface area contributed by atoms with Crippen molar-refractivity contribution in [1.29, 1.82) is 0 Å². The number of carbonyl (C=O) groups is 1. The van der Waals surface area contributed by atoms with Crippen molar-refractivity contribution in [2.75, 3.05) is 5.32 Å². The summed E-state index contributed by atoms with van der Waals surface area (Å²) in [6.45, 7) is 0.133. The predicted octanol–water partition coefficient (Wildman–Crippen LogP) is 3.93. The predicted molar refractivity (Wildman–Crippen MR) is 72.1 cm³/mol. The van der Waals surface area contributed by atoms with Crippen LogP contribution < -0.4 is 5.32 Å². The molecule has 0 fully saturated rings. The number of hydrogen-bond acceptors (Lipinski definition) is 2. The first-order chi connectivity index (χ1) is 9.47. The fourth-order valence-corrected chi connectivity index (χ4v) is 1.81. The second kappa shape index (κ2) is 5.88. The van der Waals surface area contributed by atoms with Crippen molar-refractivity contribution in [2.45, 2.75) is 6.54 Å². The average molecular weight is 298 g/mol. The van der Waals surface area contributed by atoms with Gasteiger partial charge in [0.15, 0.2) is 0 Å². The fourth-order valence-electron chi connectivity index (χ4n) is 1.63. The zero-order valence-corrected chi connectivity index (χ0v) is 10.9. The molecule has 0 aliphatic carbocycles. The van der Waals surface area contributed by atoms with E-state index in [9.17, 15) is 13.6 Å². The van der Waals surface area contributed by atoms with Gasteiger partial charge in [-0.2, -0.15) is 0 Å². The second-order valence-corrected chi connectivity index (χ2v) is 4.50. The Balaban J connectivity index is 2.10. The Labute approximate surface area is 118 Å². The third-order valence-corrected chi connectivity index (χ3v) is 2.99. The normalized spacial score (nSPS) is 10.3. The molecular weight excluding hydrogens is 288 g/mol. The number of benzene rings is 2. The standard InChI is InChI=1S/C14H10ClF2NO2/c15-11-6-10(3-4-12(11)16)18-7-9-2-1-8(14(19)20)5-13(9)17/h1-6,18H,7H2,(H,19,20). The monoisotopic (exact) mass is 297 g/mol. The summed E-state index contributed by atoms with van der Waals surface area (Å²) in [5.41, 5.74) is 0.727. The van der Waals surface area contributed by atoms with E-state index < -0.39 is 17.6 Å². The zero-order chi connectivity index (χ0) is 14.7. The van der Waals surface area contributed by atoms with Crippen LogP contribution in [0.15, 0.2) is 36.4 Å². The number of halogens is 3. The van der Waals surface area contributed by atoms with Crippen molar-refractivity contribution in [3.8, 4) is 0 Å². The van der Waals surface area contributed by atoms with Crippen LogP contribution in [0.25, 0.3) is 0 Å². The Morgan fingerprint density at radius 1 is 1.15 bits per heavy atom. The van der Waals surface area contributed by atoms with Crippen LogP contribution in [0, 0.1) is 11.6 Å². The van der Waals surface area contributed by atoms with E-state index in [-0.39, 0.29) is 17.1 Å². The number of aromatic carboxylic acids is 1. The summed E-state index contributed by atoms with van der Waals surface area (Å²) in [6, 6.07) is 7.73. The van der Waals surface area contributed by atoms with Gasteiger partial charge in [0.25, 0.3) is 0 Å². The van der Waals surface area contributed by atoms with Crippen LogP contribution in [-0.4, -0.2) is 11.1 Å². The van der Waals surface area contributed by atoms with E-state index in [4.69, 9.17) is 16.7 Å². The number of nitrogens with one attached hydrogen (secondary N) is 1. The Hall–Kier alpha value is -2.14. The summed E-state index contributed by atoms with van der Waals surface area (Å²) >= 11 is 5.63. The van der Waals surface area contributed by atoms with Crippen LogP contribution in [-0.2, 0) is 6.54 Å². The van der Waals surface area contributed by atoms with Crippen LogP contribution in [0.5, 0.6) is 0 Å². The molecule has 0 saturated heterocycles. The van der Waals surface area contributed by atoms with Crippen molar-refractivity contribution in [2.24, 2.45) is 0 Å². The molecule has 6 heteroatoms. The number of hydrogen-bond donors (Lipinski definition) is 2. The Morgan fingerprint density at radius 2 is 1.90 bits per heavy atom. The van der Waals surface area contributed by atoms with Gasteiger partial charge in [-0.15, -0.1) is 0 Å². The highest BCUT2D eigenvalue weighted by Crippen LogP contribution is 2.20. The lowest BCUT2D eigenvalue weighted by Crippen LogP contribution is -2.04. The van der Waals surface area contributed by atoms with E-state index in [1.165, 1.54) is 30.3 Å². The van der Waals surface area contributed by atoms with Crippen molar-refractivity contribution < 1.29 is 18.7 Å². The van der Waals surface area contributed by atoms with Gasteiger partial charge in [0, 0.05) is 17.8 Å². The zero-order valence-electron chi connectivity index (χ0n) is 10.2. The van der Waals surface area contributed by atoms with Crippen LogP contribution in [0.4, 0.5) is 14.5 Å². The summed E-state index contributed by atoms with van der Waals surface area (Å²) in [5, 5.41) is 11.6. The molecule has 0 radical (unpaired) electrons. The SMILES string of the molecule is O=C(O)c1ccc(CNc2ccc(F)c(Cl)c2)c(F)c1. The molecule has 0 saturated carbocycles. The van der Waals surface area contributed by atoms with E-state index in [0.29, 0.717) is 11.3 Å². The van der Waals surface area contributed by atoms with Crippen LogP contribution in [0.3, 0.4) is 0 Å². The third-order valence-electron chi connectivity index (χ3n) is 2.70. The molecule has 2 rings (SSSR count). The van der Waals surface area contributed by atoms with E-state index in [1.54, 1.807) is 0 Å². The van der Waals surface area contributed by atoms with E-state index >= 15 is 0 Å². The van der Waals surface area contributed by atoms with E-state index in [1.807, 2.05) is 0 Å². The van der Waals surface area contributed by atoms with Gasteiger partial charge >= 0.3 is 5.97 Å². The second-order valence-electron chi connectivity index (χ2n) is 4.09. The molecule has 0 aromatic heterocycles. The fraction of sp³-hybridized carbons (Fsp3) is 0.0714. The number of carboxylic acid groups (broad SMARTS) is 1. The highest BCUT2D eigenvalue weighted by atomic mass is 35.5. The van der Waals surface area contributed by atoms with Gasteiger partial charge in [0.1, 0.15) is 11.6 Å². The molecule has 0 heterocycles. The summed E-state index contributed by atoms with van der Waals surface area (Å²) < 4.78 is 26.6. The average Bonchev–Trinajstić information content (AvgIpc) is 2.41. The summed E-state index contributed by atoms with van der Waals surface area (Å²) in [6.07, 6.45) is 0. The molecule has 0 bridgehead atoms. The first-order valence-corrected chi connectivity index (χ1v) is 6.06. The van der Waals surface area contributed by atoms with Crippen molar-refractivity contribution in [3.63, 3.8) is 0 Å². The number of carboxylic acids is 1. The minimum absolute atomic E-state index is 0.0308. The molecule has 0 aliphatic heterocycles. The highest BCUT2D eigenvalue weighted by molar-refractivity contribution is 6.31. The van der Waals surface area contributed by atoms with E-state index in [0.717, 1.165) is 6.07 Å². The highest BCUT2D eigenvalue weighted by Gasteiger charge is 2.08. The van der Waals surface area contributed by atoms with Crippen molar-refractivity contribution in [3.05, 3.63) is 64.2 Å². The third kappa shape index (κ3) is 3.24. The molecular formula is C14H10ClF2NO2. The van der Waals surface area contributed by atoms with Gasteiger partial charge in [-0.25, -0.2) is 13.6 Å². The summed E-state index contributed by atoms with van der Waals surface area (Å²) in [7, 11) is 0. The quantitative estimate of drug-likeness (QED) is 0.899. The molecule has 0 amide bonds. The maximum absolute atomic E-state index is 13.7. The number of anilines is 1. The van der Waals surface area contributed by atoms with Gasteiger partial charge in [0.2, 0.25) is 0 Å². The summed E-state index contributed by atoms with van der Waals surface area (Å²) in [5.74, 6) is -2.34. The van der Waals surface area contributed by atoms with Gasteiger partial charge in [-0.1, -0.05) is 17.7 Å². The maximum Gasteiger partial charge on any atom is 0.335 e. The van der Waals surface area contributed by atoms with Crippen molar-refractivity contribution in [1.82, 2.24) is 0 Å². The first-order valence-electron chi connectivity index (χ1n) is 5.68. The smallest absolute Gasteiger partial charge is 0.335 e.